The molecule has 2 unspecified atom stereocenters. The summed E-state index contributed by atoms with van der Waals surface area (Å²) in [7, 11) is 1.24. The van der Waals surface area contributed by atoms with Crippen molar-refractivity contribution in [1.29, 1.82) is 0 Å². The predicted octanol–water partition coefficient (Wildman–Crippen LogP) is 3.03. The Bertz CT molecular complexity index is 1240. The first kappa shape index (κ1) is 26.3. The van der Waals surface area contributed by atoms with Gasteiger partial charge >= 0.3 is 5.97 Å². The fourth-order valence-corrected chi connectivity index (χ4v) is 4.56. The normalized spacial score (nSPS) is 19.0. The van der Waals surface area contributed by atoms with Crippen LogP contribution >= 0.6 is 11.8 Å². The summed E-state index contributed by atoms with van der Waals surface area (Å²) in [6.45, 7) is 0.744. The topological polar surface area (TPSA) is 123 Å². The molecule has 194 valence electrons. The van der Waals surface area contributed by atoms with Crippen molar-refractivity contribution >= 4 is 40.9 Å². The third kappa shape index (κ3) is 6.52. The van der Waals surface area contributed by atoms with Gasteiger partial charge in [0.1, 0.15) is 29.2 Å². The molecule has 0 aromatic heterocycles. The molecule has 0 saturated carbocycles. The molecule has 4 rings (SSSR count). The van der Waals surface area contributed by atoms with Crippen LogP contribution in [-0.4, -0.2) is 48.8 Å². The molecule has 2 heterocycles. The van der Waals surface area contributed by atoms with Crippen molar-refractivity contribution in [2.24, 2.45) is 0 Å². The van der Waals surface area contributed by atoms with E-state index in [9.17, 15) is 28.0 Å². The lowest BCUT2D eigenvalue weighted by Gasteiger charge is -2.19. The van der Waals surface area contributed by atoms with E-state index in [1.165, 1.54) is 7.11 Å². The lowest BCUT2D eigenvalue weighted by Crippen LogP contribution is -2.49. The molecular weight excluding hydrogens is 508 g/mol. The van der Waals surface area contributed by atoms with Gasteiger partial charge < -0.3 is 20.1 Å². The number of thioether (sulfide) groups is 1. The minimum absolute atomic E-state index is 0.117. The van der Waals surface area contributed by atoms with E-state index in [0.29, 0.717) is 23.7 Å². The van der Waals surface area contributed by atoms with Crippen LogP contribution in [0.5, 0.6) is 11.5 Å². The third-order valence-electron chi connectivity index (χ3n) is 5.75. The zero-order valence-corrected chi connectivity index (χ0v) is 20.5. The number of hydrogen-bond acceptors (Lipinski definition) is 8. The van der Waals surface area contributed by atoms with Crippen molar-refractivity contribution in [2.45, 2.75) is 31.3 Å². The molecule has 37 heavy (non-hydrogen) atoms. The highest BCUT2D eigenvalue weighted by atomic mass is 32.2. The zero-order chi connectivity index (χ0) is 26.5. The summed E-state index contributed by atoms with van der Waals surface area (Å²) < 4.78 is 39.5. The van der Waals surface area contributed by atoms with E-state index in [2.05, 4.69) is 10.6 Å². The van der Waals surface area contributed by atoms with Crippen LogP contribution < -0.4 is 20.7 Å². The first-order valence-corrected chi connectivity index (χ1v) is 12.2. The average Bonchev–Trinajstić information content (AvgIpc) is 3.51. The second kappa shape index (κ2) is 11.5. The van der Waals surface area contributed by atoms with Crippen LogP contribution in [0.3, 0.4) is 0 Å². The predicted molar refractivity (Wildman–Crippen MR) is 131 cm³/mol. The maximum atomic E-state index is 14.6. The molecule has 0 radical (unpaired) electrons. The SMILES string of the molecule is COC(=O)C(Cc1ccc(Oc2cc(F)c(/C=C3\SC(=O)NC3=O)c(F)c2)cc1)NC(=O)C1CCCN1. The van der Waals surface area contributed by atoms with Crippen LogP contribution in [0.15, 0.2) is 41.3 Å². The first-order chi connectivity index (χ1) is 17.7. The van der Waals surface area contributed by atoms with Crippen LogP contribution in [0, 0.1) is 11.6 Å². The van der Waals surface area contributed by atoms with Crippen LogP contribution in [0.25, 0.3) is 6.08 Å². The Hall–Kier alpha value is -3.77. The van der Waals surface area contributed by atoms with Crippen LogP contribution in [0.2, 0.25) is 0 Å². The van der Waals surface area contributed by atoms with Gasteiger partial charge in [-0.2, -0.15) is 0 Å². The van der Waals surface area contributed by atoms with Gasteiger partial charge in [0.05, 0.1) is 18.1 Å². The molecule has 9 nitrogen and oxygen atoms in total. The summed E-state index contributed by atoms with van der Waals surface area (Å²) in [6, 6.07) is 7.12. The molecule has 2 aliphatic rings. The Morgan fingerprint density at radius 1 is 1.16 bits per heavy atom. The molecule has 0 bridgehead atoms. The molecule has 2 aromatic rings. The zero-order valence-electron chi connectivity index (χ0n) is 19.6. The number of rotatable bonds is 8. The molecule has 2 saturated heterocycles. The maximum absolute atomic E-state index is 14.6. The summed E-state index contributed by atoms with van der Waals surface area (Å²) in [5, 5.41) is 7.19. The second-order valence-corrected chi connectivity index (χ2v) is 9.35. The number of imide groups is 1. The van der Waals surface area contributed by atoms with E-state index in [0.717, 1.165) is 31.2 Å². The quantitative estimate of drug-likeness (QED) is 0.351. The molecule has 2 aromatic carbocycles. The summed E-state index contributed by atoms with van der Waals surface area (Å²) >= 11 is 0.552. The van der Waals surface area contributed by atoms with Crippen molar-refractivity contribution in [3.05, 3.63) is 64.1 Å². The van der Waals surface area contributed by atoms with Crippen molar-refractivity contribution in [2.75, 3.05) is 13.7 Å². The van der Waals surface area contributed by atoms with E-state index in [1.54, 1.807) is 24.3 Å². The van der Waals surface area contributed by atoms with Gasteiger partial charge in [0.15, 0.2) is 0 Å². The number of carbonyl (C=O) groups excluding carboxylic acids is 4. The number of amides is 3. The smallest absolute Gasteiger partial charge is 0.328 e. The number of methoxy groups -OCH3 is 1. The minimum Gasteiger partial charge on any atom is -0.467 e. The van der Waals surface area contributed by atoms with E-state index in [4.69, 9.17) is 9.47 Å². The number of benzene rings is 2. The monoisotopic (exact) mass is 531 g/mol. The summed E-state index contributed by atoms with van der Waals surface area (Å²) in [5.41, 5.74) is 0.224. The van der Waals surface area contributed by atoms with Gasteiger partial charge in [-0.3, -0.25) is 19.7 Å². The molecule has 2 atom stereocenters. The van der Waals surface area contributed by atoms with Gasteiger partial charge in [-0.25, -0.2) is 13.6 Å². The standard InChI is InChI=1S/C25H23F2N3O6S/c1-35-24(33)20(29-22(31)19-3-2-8-28-19)9-13-4-6-14(7-5-13)36-15-10-17(26)16(18(27)11-15)12-21-23(32)30-25(34)37-21/h4-7,10-12,19-20,28H,2-3,8-9H2,1H3,(H,29,31)(H,30,32,34)/b21-12-. The van der Waals surface area contributed by atoms with Crippen LogP contribution in [-0.2, 0) is 25.5 Å². The van der Waals surface area contributed by atoms with Gasteiger partial charge in [-0.15, -0.1) is 0 Å². The summed E-state index contributed by atoms with van der Waals surface area (Å²) in [5.74, 6) is -3.36. The molecule has 12 heteroatoms. The largest absolute Gasteiger partial charge is 0.467 e. The van der Waals surface area contributed by atoms with Crippen molar-refractivity contribution < 1.29 is 37.4 Å². The highest BCUT2D eigenvalue weighted by Gasteiger charge is 2.28. The Morgan fingerprint density at radius 3 is 2.43 bits per heavy atom. The fraction of sp³-hybridized carbons (Fsp3) is 0.280. The van der Waals surface area contributed by atoms with E-state index in [1.807, 2.05) is 5.32 Å². The van der Waals surface area contributed by atoms with Gasteiger partial charge in [0.2, 0.25) is 5.91 Å². The van der Waals surface area contributed by atoms with Crippen LogP contribution in [0.4, 0.5) is 13.6 Å². The summed E-state index contributed by atoms with van der Waals surface area (Å²) in [6.07, 6.45) is 2.72. The number of ether oxygens (including phenoxy) is 2. The Morgan fingerprint density at radius 2 is 1.86 bits per heavy atom. The Balaban J connectivity index is 1.42. The van der Waals surface area contributed by atoms with Gasteiger partial charge in [0.25, 0.3) is 11.1 Å². The lowest BCUT2D eigenvalue weighted by atomic mass is 10.0. The van der Waals surface area contributed by atoms with E-state index >= 15 is 0 Å². The summed E-state index contributed by atoms with van der Waals surface area (Å²) in [4.78, 5) is 47.4. The molecule has 0 spiro atoms. The number of nitrogens with one attached hydrogen (secondary N) is 3. The van der Waals surface area contributed by atoms with Gasteiger partial charge in [-0.1, -0.05) is 12.1 Å². The molecule has 0 aliphatic carbocycles. The highest BCUT2D eigenvalue weighted by molar-refractivity contribution is 8.18. The number of hydrogen-bond donors (Lipinski definition) is 3. The fourth-order valence-electron chi connectivity index (χ4n) is 3.89. The lowest BCUT2D eigenvalue weighted by molar-refractivity contribution is -0.145. The number of esters is 1. The average molecular weight is 532 g/mol. The molecule has 3 N–H and O–H groups in total. The maximum Gasteiger partial charge on any atom is 0.328 e. The Labute approximate surface area is 215 Å². The van der Waals surface area contributed by atoms with Crippen molar-refractivity contribution in [3.8, 4) is 11.5 Å². The Kier molecular flexibility index (Phi) is 8.19. The van der Waals surface area contributed by atoms with Gasteiger partial charge in [-0.05, 0) is 54.9 Å². The molecule has 3 amide bonds. The molecule has 2 aliphatic heterocycles. The van der Waals surface area contributed by atoms with E-state index in [-0.39, 0.29) is 34.8 Å². The molecule has 2 fully saturated rings. The first-order valence-electron chi connectivity index (χ1n) is 11.4. The van der Waals surface area contributed by atoms with Crippen molar-refractivity contribution in [3.63, 3.8) is 0 Å². The van der Waals surface area contributed by atoms with Crippen LogP contribution in [0.1, 0.15) is 24.0 Å². The van der Waals surface area contributed by atoms with Gasteiger partial charge in [0, 0.05) is 24.1 Å². The van der Waals surface area contributed by atoms with Crippen molar-refractivity contribution in [1.82, 2.24) is 16.0 Å². The molecular formula is C25H23F2N3O6S. The number of halogens is 2. The second-order valence-electron chi connectivity index (χ2n) is 8.34. The third-order valence-corrected chi connectivity index (χ3v) is 6.56. The minimum atomic E-state index is -0.972. The van der Waals surface area contributed by atoms with E-state index < -0.39 is 40.4 Å². The number of carbonyl (C=O) groups is 4. The highest BCUT2D eigenvalue weighted by Crippen LogP contribution is 2.31.